The lowest BCUT2D eigenvalue weighted by atomic mass is 10.2. The van der Waals surface area contributed by atoms with Crippen molar-refractivity contribution < 1.29 is 4.74 Å². The second kappa shape index (κ2) is 7.88. The Kier molecular flexibility index (Phi) is 5.60. The molecule has 3 aromatic rings. The molecule has 0 aliphatic heterocycles. The van der Waals surface area contributed by atoms with Crippen LogP contribution in [0.4, 0.5) is 5.69 Å². The summed E-state index contributed by atoms with van der Waals surface area (Å²) in [7, 11) is 1.65. The van der Waals surface area contributed by atoms with Crippen molar-refractivity contribution in [1.29, 1.82) is 0 Å². The van der Waals surface area contributed by atoms with E-state index in [9.17, 15) is 0 Å². The molecule has 24 heavy (non-hydrogen) atoms. The molecule has 0 spiro atoms. The van der Waals surface area contributed by atoms with Crippen LogP contribution >= 0.6 is 39.5 Å². The Morgan fingerprint density at radius 1 is 1.17 bits per heavy atom. The Labute approximate surface area is 158 Å². The predicted molar refractivity (Wildman–Crippen MR) is 108 cm³/mol. The fourth-order valence-corrected chi connectivity index (χ4v) is 3.59. The first-order valence-electron chi connectivity index (χ1n) is 7.28. The lowest BCUT2D eigenvalue weighted by molar-refractivity contribution is 0.415. The average Bonchev–Trinajstić information content (AvgIpc) is 3.04. The largest absolute Gasteiger partial charge is 0.497 e. The first-order chi connectivity index (χ1) is 11.6. The van der Waals surface area contributed by atoms with Crippen molar-refractivity contribution >= 4 is 50.2 Å². The van der Waals surface area contributed by atoms with E-state index in [0.717, 1.165) is 37.2 Å². The minimum atomic E-state index is 0.628. The van der Waals surface area contributed by atoms with Crippen molar-refractivity contribution in [1.82, 2.24) is 4.98 Å². The summed E-state index contributed by atoms with van der Waals surface area (Å²) in [6.07, 6.45) is 0.628. The van der Waals surface area contributed by atoms with Gasteiger partial charge in [0.15, 0.2) is 0 Å². The third kappa shape index (κ3) is 4.41. The maximum absolute atomic E-state index is 5.44. The molecule has 122 valence electrons. The second-order valence-corrected chi connectivity index (χ2v) is 7.44. The molecule has 0 atom stereocenters. The van der Waals surface area contributed by atoms with Gasteiger partial charge in [-0.05, 0) is 36.4 Å². The van der Waals surface area contributed by atoms with Gasteiger partial charge in [-0.1, -0.05) is 40.3 Å². The summed E-state index contributed by atoms with van der Waals surface area (Å²) in [4.78, 5) is 5.42. The maximum atomic E-state index is 5.44. The minimum Gasteiger partial charge on any atom is -0.497 e. The molecular formula is C18H15BrN2OS2. The highest BCUT2D eigenvalue weighted by Gasteiger charge is 2.07. The SMILES string of the molecule is COc1ccc(NC(=S)Cc2nc(-c3ccc(Br)cc3)cs2)cc1. The van der Waals surface area contributed by atoms with Crippen LogP contribution in [0.5, 0.6) is 5.75 Å². The molecule has 0 bridgehead atoms. The molecule has 0 saturated carbocycles. The number of aromatic nitrogens is 1. The zero-order valence-electron chi connectivity index (χ0n) is 13.0. The number of anilines is 1. The average molecular weight is 419 g/mol. The number of nitrogens with zero attached hydrogens (tertiary/aromatic N) is 1. The Hall–Kier alpha value is -1.76. The van der Waals surface area contributed by atoms with Crippen LogP contribution in [0.3, 0.4) is 0 Å². The summed E-state index contributed by atoms with van der Waals surface area (Å²) < 4.78 is 6.21. The molecular weight excluding hydrogens is 404 g/mol. The van der Waals surface area contributed by atoms with E-state index in [4.69, 9.17) is 17.0 Å². The number of methoxy groups -OCH3 is 1. The van der Waals surface area contributed by atoms with E-state index < -0.39 is 0 Å². The van der Waals surface area contributed by atoms with Crippen molar-refractivity contribution in [2.75, 3.05) is 12.4 Å². The van der Waals surface area contributed by atoms with Crippen LogP contribution in [0, 0.1) is 0 Å². The number of thiocarbonyl (C=S) groups is 1. The molecule has 1 N–H and O–H groups in total. The number of hydrogen-bond acceptors (Lipinski definition) is 4. The van der Waals surface area contributed by atoms with Crippen molar-refractivity contribution in [2.45, 2.75) is 6.42 Å². The van der Waals surface area contributed by atoms with E-state index >= 15 is 0 Å². The van der Waals surface area contributed by atoms with Gasteiger partial charge in [-0.25, -0.2) is 4.98 Å². The van der Waals surface area contributed by atoms with Gasteiger partial charge in [0.05, 0.1) is 29.2 Å². The van der Waals surface area contributed by atoms with E-state index in [-0.39, 0.29) is 0 Å². The molecule has 3 rings (SSSR count). The lowest BCUT2D eigenvalue weighted by Gasteiger charge is -2.07. The molecule has 0 amide bonds. The number of halogens is 1. The van der Waals surface area contributed by atoms with Crippen molar-refractivity contribution in [2.24, 2.45) is 0 Å². The number of hydrogen-bond donors (Lipinski definition) is 1. The molecule has 1 aromatic heterocycles. The topological polar surface area (TPSA) is 34.1 Å². The normalized spacial score (nSPS) is 10.4. The van der Waals surface area contributed by atoms with Gasteiger partial charge in [-0.15, -0.1) is 11.3 Å². The fourth-order valence-electron chi connectivity index (χ4n) is 2.16. The highest BCUT2D eigenvalue weighted by molar-refractivity contribution is 9.10. The van der Waals surface area contributed by atoms with Crippen molar-refractivity contribution in [3.05, 3.63) is 63.4 Å². The van der Waals surface area contributed by atoms with Gasteiger partial charge in [0.2, 0.25) is 0 Å². The van der Waals surface area contributed by atoms with Crippen molar-refractivity contribution in [3.8, 4) is 17.0 Å². The van der Waals surface area contributed by atoms with Crippen LogP contribution in [0.2, 0.25) is 0 Å². The standard InChI is InChI=1S/C18H15BrN2OS2/c1-22-15-8-6-14(7-9-15)20-17(23)10-18-21-16(11-24-18)12-2-4-13(19)5-3-12/h2-9,11H,10H2,1H3,(H,20,23). The number of ether oxygens (including phenoxy) is 1. The first-order valence-corrected chi connectivity index (χ1v) is 9.36. The van der Waals surface area contributed by atoms with Gasteiger partial charge in [0.1, 0.15) is 5.75 Å². The molecule has 2 aromatic carbocycles. The first kappa shape index (κ1) is 17.1. The fraction of sp³-hybridized carbons (Fsp3) is 0.111. The van der Waals surface area contributed by atoms with Gasteiger partial charge >= 0.3 is 0 Å². The molecule has 3 nitrogen and oxygen atoms in total. The summed E-state index contributed by atoms with van der Waals surface area (Å²) in [5, 5.41) is 6.30. The van der Waals surface area contributed by atoms with Gasteiger partial charge in [0, 0.05) is 21.1 Å². The molecule has 0 radical (unpaired) electrons. The Morgan fingerprint density at radius 2 is 1.88 bits per heavy atom. The van der Waals surface area contributed by atoms with E-state index in [2.05, 4.69) is 43.7 Å². The summed E-state index contributed by atoms with van der Waals surface area (Å²) in [5.74, 6) is 0.825. The Morgan fingerprint density at radius 3 is 2.54 bits per heavy atom. The summed E-state index contributed by atoms with van der Waals surface area (Å²) in [5.41, 5.74) is 3.04. The van der Waals surface area contributed by atoms with Crippen LogP contribution in [-0.4, -0.2) is 17.1 Å². The van der Waals surface area contributed by atoms with E-state index in [1.165, 1.54) is 0 Å². The predicted octanol–water partition coefficient (Wildman–Crippen LogP) is 5.56. The molecule has 6 heteroatoms. The maximum Gasteiger partial charge on any atom is 0.119 e. The molecule has 0 saturated heterocycles. The molecule has 0 aliphatic rings. The van der Waals surface area contributed by atoms with Crippen LogP contribution in [0.1, 0.15) is 5.01 Å². The third-order valence-corrected chi connectivity index (χ3v) is 5.00. The van der Waals surface area contributed by atoms with Crippen molar-refractivity contribution in [3.63, 3.8) is 0 Å². The van der Waals surface area contributed by atoms with E-state index in [1.54, 1.807) is 18.4 Å². The minimum absolute atomic E-state index is 0.628. The Balaban J connectivity index is 1.63. The van der Waals surface area contributed by atoms with Crippen LogP contribution in [0.15, 0.2) is 58.4 Å². The second-order valence-electron chi connectivity index (χ2n) is 5.09. The summed E-state index contributed by atoms with van der Waals surface area (Å²) >= 11 is 10.5. The van der Waals surface area contributed by atoms with Gasteiger partial charge < -0.3 is 10.1 Å². The summed E-state index contributed by atoms with van der Waals surface area (Å²) in [6.45, 7) is 0. The molecule has 0 aliphatic carbocycles. The van der Waals surface area contributed by atoms with E-state index in [1.807, 2.05) is 36.4 Å². The zero-order chi connectivity index (χ0) is 16.9. The monoisotopic (exact) mass is 418 g/mol. The van der Waals surface area contributed by atoms with Gasteiger partial charge in [-0.3, -0.25) is 0 Å². The highest BCUT2D eigenvalue weighted by atomic mass is 79.9. The number of nitrogens with one attached hydrogen (secondary N) is 1. The zero-order valence-corrected chi connectivity index (χ0v) is 16.2. The quantitative estimate of drug-likeness (QED) is 0.549. The summed E-state index contributed by atoms with van der Waals surface area (Å²) in [6, 6.07) is 15.8. The van der Waals surface area contributed by atoms with Gasteiger partial charge in [-0.2, -0.15) is 0 Å². The number of benzene rings is 2. The molecule has 0 unspecified atom stereocenters. The lowest BCUT2D eigenvalue weighted by Crippen LogP contribution is -2.11. The van der Waals surface area contributed by atoms with Gasteiger partial charge in [0.25, 0.3) is 0 Å². The molecule has 0 fully saturated rings. The number of thiazole rings is 1. The van der Waals surface area contributed by atoms with Crippen LogP contribution in [0.25, 0.3) is 11.3 Å². The highest BCUT2D eigenvalue weighted by Crippen LogP contribution is 2.24. The number of rotatable bonds is 5. The van der Waals surface area contributed by atoms with Crippen LogP contribution < -0.4 is 10.1 Å². The van der Waals surface area contributed by atoms with E-state index in [0.29, 0.717) is 6.42 Å². The van der Waals surface area contributed by atoms with Crippen LogP contribution in [-0.2, 0) is 6.42 Å². The smallest absolute Gasteiger partial charge is 0.119 e. The third-order valence-electron chi connectivity index (χ3n) is 3.38. The molecule has 1 heterocycles. The Bertz CT molecular complexity index is 829.